The molecule has 0 saturated carbocycles. The van der Waals surface area contributed by atoms with Crippen molar-refractivity contribution in [3.05, 3.63) is 23.9 Å². The van der Waals surface area contributed by atoms with E-state index in [0.29, 0.717) is 0 Å². The molecule has 0 aliphatic rings. The number of thiophene rings is 1. The Morgan fingerprint density at radius 3 is 2.25 bits per heavy atom. The number of benzene rings is 1. The second kappa shape index (κ2) is 4.22. The fourth-order valence-corrected chi connectivity index (χ4v) is 2.80. The number of hydrogen-bond donors (Lipinski definition) is 0. The highest BCUT2D eigenvalue weighted by Crippen LogP contribution is 2.45. The van der Waals surface area contributed by atoms with E-state index in [0.717, 1.165) is 32.2 Å². The van der Waals surface area contributed by atoms with Crippen molar-refractivity contribution in [3.63, 3.8) is 0 Å². The predicted octanol–water partition coefficient (Wildman–Crippen LogP) is 3.11. The smallest absolute Gasteiger partial charge is 0.178 e. The molecule has 1 radical (unpaired) electrons. The Kier molecular flexibility index (Phi) is 2.92. The van der Waals surface area contributed by atoms with Crippen LogP contribution in [0.3, 0.4) is 0 Å². The zero-order valence-electron chi connectivity index (χ0n) is 9.49. The lowest BCUT2D eigenvalue weighted by Crippen LogP contribution is -1.90. The van der Waals surface area contributed by atoms with Gasteiger partial charge >= 0.3 is 0 Å². The van der Waals surface area contributed by atoms with Gasteiger partial charge in [-0.25, -0.2) is 0 Å². The standard InChI is InChI=1S/C12H13O3S/c1-7-10(14-3)8-5-6-9(13-2)11(15-4)12(8)16-7/h5-6H,1H2,2-4H3. The Balaban J connectivity index is 2.79. The monoisotopic (exact) mass is 237 g/mol. The number of ether oxygens (including phenoxy) is 3. The molecular formula is C12H13O3S. The van der Waals surface area contributed by atoms with Gasteiger partial charge in [0, 0.05) is 10.3 Å². The first kappa shape index (κ1) is 11.1. The summed E-state index contributed by atoms with van der Waals surface area (Å²) < 4.78 is 16.9. The molecule has 85 valence electrons. The molecule has 0 spiro atoms. The summed E-state index contributed by atoms with van der Waals surface area (Å²) in [6.45, 7) is 3.96. The van der Waals surface area contributed by atoms with Gasteiger partial charge < -0.3 is 14.2 Å². The molecule has 3 nitrogen and oxygen atoms in total. The first-order valence-corrected chi connectivity index (χ1v) is 5.58. The Labute approximate surface area is 98.6 Å². The highest BCUT2D eigenvalue weighted by molar-refractivity contribution is 7.20. The maximum Gasteiger partial charge on any atom is 0.178 e. The van der Waals surface area contributed by atoms with Gasteiger partial charge in [0.1, 0.15) is 5.75 Å². The molecule has 0 amide bonds. The molecule has 0 fully saturated rings. The topological polar surface area (TPSA) is 27.7 Å². The van der Waals surface area contributed by atoms with Gasteiger partial charge in [0.15, 0.2) is 11.5 Å². The average Bonchev–Trinajstić information content (AvgIpc) is 2.62. The Morgan fingerprint density at radius 1 is 1.00 bits per heavy atom. The van der Waals surface area contributed by atoms with Gasteiger partial charge in [-0.1, -0.05) is 0 Å². The maximum atomic E-state index is 5.36. The molecule has 0 atom stereocenters. The van der Waals surface area contributed by atoms with Gasteiger partial charge in [-0.2, -0.15) is 0 Å². The van der Waals surface area contributed by atoms with Crippen molar-refractivity contribution in [2.75, 3.05) is 21.3 Å². The van der Waals surface area contributed by atoms with Gasteiger partial charge in [0.2, 0.25) is 0 Å². The van der Waals surface area contributed by atoms with Crippen molar-refractivity contribution < 1.29 is 14.2 Å². The van der Waals surface area contributed by atoms with Crippen LogP contribution in [-0.4, -0.2) is 21.3 Å². The van der Waals surface area contributed by atoms with Crippen LogP contribution in [0, 0.1) is 6.92 Å². The van der Waals surface area contributed by atoms with E-state index in [1.165, 1.54) is 0 Å². The molecule has 0 bridgehead atoms. The number of methoxy groups -OCH3 is 3. The normalized spacial score (nSPS) is 10.5. The maximum absolute atomic E-state index is 5.36. The molecule has 0 unspecified atom stereocenters. The largest absolute Gasteiger partial charge is 0.495 e. The Bertz CT molecular complexity index is 516. The van der Waals surface area contributed by atoms with Crippen LogP contribution in [0.2, 0.25) is 0 Å². The molecule has 2 rings (SSSR count). The van der Waals surface area contributed by atoms with Gasteiger partial charge in [0.05, 0.1) is 26.0 Å². The highest BCUT2D eigenvalue weighted by Gasteiger charge is 2.16. The minimum Gasteiger partial charge on any atom is -0.495 e. The van der Waals surface area contributed by atoms with Crippen molar-refractivity contribution in [1.82, 2.24) is 0 Å². The predicted molar refractivity (Wildman–Crippen MR) is 65.9 cm³/mol. The van der Waals surface area contributed by atoms with Crippen LogP contribution in [0.25, 0.3) is 10.1 Å². The lowest BCUT2D eigenvalue weighted by atomic mass is 10.2. The fraction of sp³-hybridized carbons (Fsp3) is 0.250. The van der Waals surface area contributed by atoms with Gasteiger partial charge in [0.25, 0.3) is 0 Å². The van der Waals surface area contributed by atoms with Crippen molar-refractivity contribution in [1.29, 1.82) is 0 Å². The van der Waals surface area contributed by atoms with E-state index >= 15 is 0 Å². The first-order chi connectivity index (χ1) is 7.72. The van der Waals surface area contributed by atoms with E-state index in [9.17, 15) is 0 Å². The van der Waals surface area contributed by atoms with Crippen LogP contribution in [0.5, 0.6) is 17.2 Å². The third-order valence-corrected chi connectivity index (χ3v) is 3.47. The molecular weight excluding hydrogens is 224 g/mol. The summed E-state index contributed by atoms with van der Waals surface area (Å²) in [7, 11) is 4.90. The van der Waals surface area contributed by atoms with Gasteiger partial charge in [-0.3, -0.25) is 0 Å². The van der Waals surface area contributed by atoms with Crippen LogP contribution < -0.4 is 14.2 Å². The Morgan fingerprint density at radius 2 is 1.69 bits per heavy atom. The summed E-state index contributed by atoms with van der Waals surface area (Å²) in [6.07, 6.45) is 0. The zero-order chi connectivity index (χ0) is 11.7. The van der Waals surface area contributed by atoms with Gasteiger partial charge in [-0.05, 0) is 19.1 Å². The zero-order valence-corrected chi connectivity index (χ0v) is 10.3. The van der Waals surface area contributed by atoms with E-state index in [1.807, 2.05) is 12.1 Å². The van der Waals surface area contributed by atoms with E-state index in [1.54, 1.807) is 32.7 Å². The number of hydrogen-bond acceptors (Lipinski definition) is 4. The van der Waals surface area contributed by atoms with Crippen LogP contribution >= 0.6 is 11.3 Å². The SMILES string of the molecule is [CH2]c1sc2c(OC)c(OC)ccc2c1OC. The number of rotatable bonds is 3. The third-order valence-electron chi connectivity index (χ3n) is 2.43. The average molecular weight is 237 g/mol. The quantitative estimate of drug-likeness (QED) is 0.821. The van der Waals surface area contributed by atoms with Crippen LogP contribution in [-0.2, 0) is 0 Å². The molecule has 0 aliphatic carbocycles. The molecule has 2 aromatic rings. The lowest BCUT2D eigenvalue weighted by molar-refractivity contribution is 0.359. The minimum absolute atomic E-state index is 0.721. The van der Waals surface area contributed by atoms with Crippen LogP contribution in [0.15, 0.2) is 12.1 Å². The van der Waals surface area contributed by atoms with E-state index in [-0.39, 0.29) is 0 Å². The molecule has 1 aromatic heterocycles. The molecule has 0 aliphatic heterocycles. The molecule has 4 heteroatoms. The fourth-order valence-electron chi connectivity index (χ4n) is 1.72. The molecule has 0 N–H and O–H groups in total. The van der Waals surface area contributed by atoms with E-state index in [4.69, 9.17) is 14.2 Å². The summed E-state index contributed by atoms with van der Waals surface area (Å²) in [6, 6.07) is 3.83. The van der Waals surface area contributed by atoms with Crippen molar-refractivity contribution in [2.45, 2.75) is 0 Å². The summed E-state index contributed by atoms with van der Waals surface area (Å²) in [5.41, 5.74) is 0. The summed E-state index contributed by atoms with van der Waals surface area (Å²) in [4.78, 5) is 0.893. The summed E-state index contributed by atoms with van der Waals surface area (Å²) >= 11 is 1.54. The lowest BCUT2D eigenvalue weighted by Gasteiger charge is -2.08. The van der Waals surface area contributed by atoms with Crippen molar-refractivity contribution >= 4 is 21.4 Å². The molecule has 0 saturated heterocycles. The second-order valence-electron chi connectivity index (χ2n) is 3.24. The summed E-state index contributed by atoms with van der Waals surface area (Å²) in [5, 5.41) is 1.01. The van der Waals surface area contributed by atoms with Crippen molar-refractivity contribution in [3.8, 4) is 17.2 Å². The minimum atomic E-state index is 0.721. The van der Waals surface area contributed by atoms with E-state index < -0.39 is 0 Å². The molecule has 1 aromatic carbocycles. The van der Waals surface area contributed by atoms with Crippen LogP contribution in [0.1, 0.15) is 4.88 Å². The van der Waals surface area contributed by atoms with Gasteiger partial charge in [-0.15, -0.1) is 11.3 Å². The second-order valence-corrected chi connectivity index (χ2v) is 4.34. The highest BCUT2D eigenvalue weighted by atomic mass is 32.1. The number of fused-ring (bicyclic) bond motifs is 1. The van der Waals surface area contributed by atoms with Crippen molar-refractivity contribution in [2.24, 2.45) is 0 Å². The first-order valence-electron chi connectivity index (χ1n) is 4.76. The summed E-state index contributed by atoms with van der Waals surface area (Å²) in [5.74, 6) is 2.26. The van der Waals surface area contributed by atoms with Crippen LogP contribution in [0.4, 0.5) is 0 Å². The third kappa shape index (κ3) is 1.50. The van der Waals surface area contributed by atoms with E-state index in [2.05, 4.69) is 6.92 Å². The molecule has 16 heavy (non-hydrogen) atoms. The Hall–Kier alpha value is -1.42. The molecule has 1 heterocycles.